The van der Waals surface area contributed by atoms with Gasteiger partial charge in [0.2, 0.25) is 0 Å². The van der Waals surface area contributed by atoms with Crippen LogP contribution in [0.1, 0.15) is 142 Å². The van der Waals surface area contributed by atoms with Crippen molar-refractivity contribution in [3.8, 4) is 0 Å². The maximum Gasteiger partial charge on any atom is 0.481 e. The topological polar surface area (TPSA) is 326 Å². The van der Waals surface area contributed by atoms with Crippen molar-refractivity contribution in [3.05, 3.63) is 83.5 Å². The minimum absolute atomic E-state index is 0.0214. The van der Waals surface area contributed by atoms with Gasteiger partial charge in [-0.1, -0.05) is 113 Å². The minimum atomic E-state index is -5.71. The highest BCUT2D eigenvalue weighted by Crippen LogP contribution is 2.60. The Morgan fingerprint density at radius 3 is 2.27 bits per heavy atom. The number of nitrogens with zero attached hydrogens (tertiary/aromatic N) is 2. The summed E-state index contributed by atoms with van der Waals surface area (Å²) < 4.78 is 59.0. The lowest BCUT2D eigenvalue weighted by Gasteiger charge is -2.40. The molecule has 414 valence electrons. The van der Waals surface area contributed by atoms with E-state index in [1.165, 1.54) is 24.4 Å². The number of carbonyl (C=O) groups excluding carboxylic acids is 2. The van der Waals surface area contributed by atoms with Crippen molar-refractivity contribution in [1.82, 2.24) is 9.55 Å². The molecule has 2 aliphatic rings. The molecule has 9 N–H and O–H groups in total. The lowest BCUT2D eigenvalue weighted by Crippen LogP contribution is -2.52. The van der Waals surface area contributed by atoms with Gasteiger partial charge in [-0.15, -0.1) is 0 Å². The highest BCUT2D eigenvalue weighted by Gasteiger charge is 2.45. The Morgan fingerprint density at radius 2 is 1.56 bits per heavy atom. The van der Waals surface area contributed by atoms with Crippen LogP contribution in [0, 0.1) is 11.8 Å². The number of nitrogen functional groups attached to an aromatic ring is 1. The van der Waals surface area contributed by atoms with Crippen molar-refractivity contribution in [3.63, 3.8) is 0 Å². The predicted octanol–water partition coefficient (Wildman–Crippen LogP) is 6.71. The molecule has 2 bridgehead atoms. The summed E-state index contributed by atoms with van der Waals surface area (Å²) in [6.45, 7) is 1.34. The van der Waals surface area contributed by atoms with E-state index in [0.29, 0.717) is 25.7 Å². The van der Waals surface area contributed by atoms with Crippen LogP contribution in [0.15, 0.2) is 77.8 Å². The second-order valence-electron chi connectivity index (χ2n) is 18.3. The van der Waals surface area contributed by atoms with E-state index >= 15 is 0 Å². The van der Waals surface area contributed by atoms with Gasteiger partial charge in [-0.05, 0) is 70.3 Å². The molecule has 1 aromatic rings. The molecule has 0 aromatic carbocycles. The predicted molar refractivity (Wildman–Crippen MR) is 272 cm³/mol. The van der Waals surface area contributed by atoms with E-state index in [-0.39, 0.29) is 31.5 Å². The molecule has 0 radical (unpaired) electrons. The fraction of sp³-hybridized carbons (Fsp3) is 0.680. The zero-order chi connectivity index (χ0) is 53.7. The summed E-state index contributed by atoms with van der Waals surface area (Å²) in [5.41, 5.74) is 4.77. The van der Waals surface area contributed by atoms with Crippen LogP contribution in [0.4, 0.5) is 5.82 Å². The van der Waals surface area contributed by atoms with Gasteiger partial charge in [0.25, 0.3) is 0 Å². The van der Waals surface area contributed by atoms with Crippen LogP contribution in [0.5, 0.6) is 0 Å². The number of phosphoric ester groups is 2. The third-order valence-corrected chi connectivity index (χ3v) is 14.7. The molecular weight excluding hydrogens is 993 g/mol. The van der Waals surface area contributed by atoms with Crippen molar-refractivity contribution in [2.24, 2.45) is 11.8 Å². The second-order valence-corrected chi connectivity index (χ2v) is 21.3. The van der Waals surface area contributed by atoms with Crippen molar-refractivity contribution in [1.29, 1.82) is 0 Å². The van der Waals surface area contributed by atoms with E-state index in [4.69, 9.17) is 29.0 Å². The molecular formula is C50H81N3O18P2. The van der Waals surface area contributed by atoms with Crippen LogP contribution in [0.3, 0.4) is 0 Å². The van der Waals surface area contributed by atoms with Crippen molar-refractivity contribution in [2.45, 2.75) is 185 Å². The third-order valence-electron chi connectivity index (χ3n) is 12.1. The number of hydrogen-bond donors (Lipinski definition) is 8. The van der Waals surface area contributed by atoms with E-state index in [1.807, 2.05) is 6.92 Å². The normalized spacial score (nSPS) is 30.9. The van der Waals surface area contributed by atoms with Gasteiger partial charge in [0.1, 0.15) is 30.9 Å². The maximum absolute atomic E-state index is 13.4. The summed E-state index contributed by atoms with van der Waals surface area (Å²) in [6.07, 6.45) is 17.0. The molecule has 3 heterocycles. The molecule has 0 aliphatic carbocycles. The van der Waals surface area contributed by atoms with Crippen LogP contribution >= 0.6 is 15.6 Å². The lowest BCUT2D eigenvalue weighted by molar-refractivity contribution is -0.194. The van der Waals surface area contributed by atoms with E-state index in [1.54, 1.807) is 12.2 Å². The fourth-order valence-electron chi connectivity index (χ4n) is 8.07. The molecule has 2 aliphatic heterocycles. The summed E-state index contributed by atoms with van der Waals surface area (Å²) in [4.78, 5) is 64.2. The van der Waals surface area contributed by atoms with E-state index in [9.17, 15) is 58.8 Å². The zero-order valence-electron chi connectivity index (χ0n) is 42.2. The second kappa shape index (κ2) is 34.8. The highest BCUT2D eigenvalue weighted by molar-refractivity contribution is 7.61. The number of carbonyl (C=O) groups is 2. The molecule has 1 fully saturated rings. The van der Waals surface area contributed by atoms with Crippen molar-refractivity contribution in [2.75, 3.05) is 25.6 Å². The van der Waals surface area contributed by atoms with E-state index in [2.05, 4.69) is 52.7 Å². The Morgan fingerprint density at radius 1 is 0.877 bits per heavy atom. The number of esters is 2. The van der Waals surface area contributed by atoms with Gasteiger partial charge in [0.15, 0.2) is 6.10 Å². The van der Waals surface area contributed by atoms with Crippen molar-refractivity contribution < 1.29 is 81.6 Å². The largest absolute Gasteiger partial charge is 0.481 e. The smallest absolute Gasteiger partial charge is 0.462 e. The van der Waals surface area contributed by atoms with Gasteiger partial charge in [0.05, 0.1) is 37.6 Å². The number of rotatable bonds is 21. The lowest BCUT2D eigenvalue weighted by atomic mass is 9.82. The van der Waals surface area contributed by atoms with Crippen LogP contribution in [-0.2, 0) is 46.3 Å². The number of cyclic esters (lactones) is 1. The van der Waals surface area contributed by atoms with Gasteiger partial charge in [-0.3, -0.25) is 23.2 Å². The number of phosphoric acid groups is 2. The first-order valence-electron chi connectivity index (χ1n) is 25.6. The van der Waals surface area contributed by atoms with Gasteiger partial charge in [-0.25, -0.2) is 13.9 Å². The Bertz CT molecular complexity index is 2080. The van der Waals surface area contributed by atoms with Crippen LogP contribution in [0.2, 0.25) is 0 Å². The first-order chi connectivity index (χ1) is 34.9. The number of ether oxygens (including phenoxy) is 3. The van der Waals surface area contributed by atoms with E-state index < -0.39 is 120 Å². The fourth-order valence-corrected chi connectivity index (χ4v) is 10.2. The minimum Gasteiger partial charge on any atom is -0.462 e. The molecule has 73 heavy (non-hydrogen) atoms. The summed E-state index contributed by atoms with van der Waals surface area (Å²) in [7, 11) is -11.3. The average Bonchev–Trinajstić information content (AvgIpc) is 3.33. The molecule has 0 spiro atoms. The molecule has 0 amide bonds. The number of fused-ring (bicyclic) bond motifs is 3. The molecule has 2 unspecified atom stereocenters. The molecule has 23 heteroatoms. The summed E-state index contributed by atoms with van der Waals surface area (Å²) in [5, 5.41) is 57.5. The number of unbranched alkanes of at least 4 members (excludes halogenated alkanes) is 7. The standard InChI is InChI=1S/C50H81N3O18P2/c1-3-5-7-8-9-10-11-12-13-14-15-16-17-18-24-28-46(58)69-38-34-66-45(57)27-23-20-19-22-26-40-42(56)33-41(55)39(30-29-37(54)25-21-6-4-2)47(59)48(60)43(36-68-73(64,65)71-72(62,63)67-35-38)70-49(40)53-32-31-44(51)52-50(53)61/h5,7,9-10,12-13,19,22,29-32,37-43,47-49,54-56,59-60H,3-4,6,8,11,14-18,20-21,23-28,33-36H2,1-2H3,(H,62,63)(H,64,65)(H2,51,52,61)/b7-5-,10-9-,13-12-,22-19-,30-29+/t37-,38+,39-,40-,41+,42-,43+,47-,48+,49+/m0/s1. The quantitative estimate of drug-likeness (QED) is 0.0274. The van der Waals surface area contributed by atoms with Gasteiger partial charge >= 0.3 is 33.3 Å². The van der Waals surface area contributed by atoms with Crippen molar-refractivity contribution >= 4 is 33.4 Å². The number of aromatic nitrogens is 2. The first-order valence-corrected chi connectivity index (χ1v) is 28.5. The monoisotopic (exact) mass is 1070 g/mol. The number of hydrogen-bond acceptors (Lipinski definition) is 18. The Balaban J connectivity index is 1.82. The highest BCUT2D eigenvalue weighted by atomic mass is 31.3. The van der Waals surface area contributed by atoms with Crippen LogP contribution in [-0.4, -0.2) is 119 Å². The van der Waals surface area contributed by atoms with Crippen LogP contribution in [0.25, 0.3) is 0 Å². The molecule has 1 aromatic heterocycles. The Kier molecular flexibility index (Phi) is 30.4. The number of anilines is 1. The third kappa shape index (κ3) is 25.6. The number of aliphatic hydroxyl groups excluding tert-OH is 5. The zero-order valence-corrected chi connectivity index (χ0v) is 44.0. The average molecular weight is 1070 g/mol. The Labute approximate surface area is 429 Å². The SMILES string of the molecule is CC/C=C\C/C=C\C/C=C\CCCCCCCC(=O)O[C@@H]1COC(=O)CCC/C=C\C[C@@H]2[C@H](n3ccc(N)nc3=O)O[C@H](COP(=O)(O)OP(=O)(O)OC1)[C@@H](O)[C@@H](O)[C@@H](/C=C/[C@@H](O)CCCCC)[C@H](O)C[C@@H]2O. The molecule has 0 saturated carbocycles. The summed E-state index contributed by atoms with van der Waals surface area (Å²) in [5.74, 6) is -4.19. The van der Waals surface area contributed by atoms with E-state index in [0.717, 1.165) is 68.8 Å². The number of nitrogens with two attached hydrogens (primary N) is 1. The van der Waals surface area contributed by atoms with Gasteiger partial charge in [0, 0.05) is 37.3 Å². The Hall–Kier alpha value is -3.66. The van der Waals surface area contributed by atoms with Gasteiger partial charge < -0.3 is 55.3 Å². The molecule has 21 nitrogen and oxygen atoms in total. The van der Waals surface area contributed by atoms with Crippen LogP contribution < -0.4 is 11.4 Å². The summed E-state index contributed by atoms with van der Waals surface area (Å²) >= 11 is 0. The summed E-state index contributed by atoms with van der Waals surface area (Å²) in [6, 6.07) is 1.24. The number of aliphatic hydroxyl groups is 5. The molecule has 1 saturated heterocycles. The van der Waals surface area contributed by atoms with Gasteiger partial charge in [-0.2, -0.15) is 9.29 Å². The molecule has 12 atom stereocenters. The maximum atomic E-state index is 13.4. The number of allylic oxidation sites excluding steroid dienone is 8. The molecule has 3 rings (SSSR count). The first kappa shape index (κ1) is 63.6.